The fourth-order valence-electron chi connectivity index (χ4n) is 4.30. The predicted octanol–water partition coefficient (Wildman–Crippen LogP) is 2.07. The first-order valence-electron chi connectivity index (χ1n) is 9.58. The fraction of sp³-hybridized carbons (Fsp3) is 0.450. The van der Waals surface area contributed by atoms with Crippen LogP contribution in [0.15, 0.2) is 45.7 Å². The van der Waals surface area contributed by atoms with Gasteiger partial charge in [-0.2, -0.15) is 0 Å². The quantitative estimate of drug-likeness (QED) is 0.797. The lowest BCUT2D eigenvalue weighted by Crippen LogP contribution is -2.62. The number of piperidine rings is 3. The summed E-state index contributed by atoms with van der Waals surface area (Å²) in [6.07, 6.45) is 2.25. The van der Waals surface area contributed by atoms with Crippen molar-refractivity contribution in [3.05, 3.63) is 42.2 Å². The Hall–Kier alpha value is -2.16. The molecule has 2 atom stereocenters. The van der Waals surface area contributed by atoms with Crippen LogP contribution in [-0.2, 0) is 10.0 Å². The first kappa shape index (κ1) is 19.2. The van der Waals surface area contributed by atoms with Gasteiger partial charge in [-0.05, 0) is 82.2 Å². The molecule has 28 heavy (non-hydrogen) atoms. The average Bonchev–Trinajstić information content (AvgIpc) is 3.21. The van der Waals surface area contributed by atoms with Gasteiger partial charge >= 0.3 is 0 Å². The summed E-state index contributed by atoms with van der Waals surface area (Å²) in [5.74, 6) is 1.12. The van der Waals surface area contributed by atoms with Crippen molar-refractivity contribution in [3.8, 4) is 11.3 Å². The van der Waals surface area contributed by atoms with Crippen molar-refractivity contribution in [1.82, 2.24) is 14.9 Å². The zero-order valence-electron chi connectivity index (χ0n) is 16.0. The van der Waals surface area contributed by atoms with Gasteiger partial charge in [0.1, 0.15) is 5.76 Å². The van der Waals surface area contributed by atoms with Crippen LogP contribution in [0.2, 0.25) is 0 Å². The van der Waals surface area contributed by atoms with E-state index in [1.54, 1.807) is 24.3 Å². The van der Waals surface area contributed by atoms with Crippen molar-refractivity contribution in [2.45, 2.75) is 36.7 Å². The third-order valence-electron chi connectivity index (χ3n) is 6.02. The number of nitrogens with one attached hydrogen (secondary N) is 2. The molecule has 3 aliphatic rings. The molecule has 2 N–H and O–H groups in total. The van der Waals surface area contributed by atoms with Crippen molar-refractivity contribution in [2.75, 3.05) is 20.1 Å². The average molecular weight is 404 g/mol. The lowest BCUT2D eigenvalue weighted by atomic mass is 9.79. The highest BCUT2D eigenvalue weighted by Gasteiger charge is 2.40. The maximum absolute atomic E-state index is 12.7. The highest BCUT2D eigenvalue weighted by molar-refractivity contribution is 7.89. The summed E-state index contributed by atoms with van der Waals surface area (Å²) in [5, 5.41) is 3.16. The number of sulfonamides is 1. The van der Waals surface area contributed by atoms with E-state index in [4.69, 9.17) is 4.42 Å². The maximum atomic E-state index is 12.7. The first-order valence-corrected chi connectivity index (χ1v) is 11.1. The van der Waals surface area contributed by atoms with Gasteiger partial charge in [0.15, 0.2) is 5.76 Å². The summed E-state index contributed by atoms with van der Waals surface area (Å²) in [4.78, 5) is 15.3. The largest absolute Gasteiger partial charge is 0.451 e. The lowest BCUT2D eigenvalue weighted by Gasteiger charge is -2.49. The number of hydrogen-bond acceptors (Lipinski definition) is 5. The molecule has 2 bridgehead atoms. The Labute approximate surface area is 165 Å². The standard InChI is InChI=1S/C20H25N3O4S/c1-13-19(15-9-11-23(13)12-10-15)22-20(24)18-8-7-17(27-18)14-3-5-16(6-4-14)28(25,26)21-2/h3-8,13,15,19,21H,9-12H2,1-2H3,(H,22,24)/t13-,19+/m1/s1. The minimum atomic E-state index is -3.48. The van der Waals surface area contributed by atoms with E-state index >= 15 is 0 Å². The number of fused-ring (bicyclic) bond motifs is 3. The molecule has 3 fully saturated rings. The molecule has 5 rings (SSSR count). The lowest BCUT2D eigenvalue weighted by molar-refractivity contribution is 0.0211. The molecule has 4 heterocycles. The molecule has 0 unspecified atom stereocenters. The van der Waals surface area contributed by atoms with Crippen molar-refractivity contribution in [3.63, 3.8) is 0 Å². The molecule has 0 spiro atoms. The first-order chi connectivity index (χ1) is 13.4. The van der Waals surface area contributed by atoms with Crippen LogP contribution in [-0.4, -0.2) is 51.4 Å². The van der Waals surface area contributed by atoms with Crippen molar-refractivity contribution < 1.29 is 17.6 Å². The van der Waals surface area contributed by atoms with E-state index in [0.717, 1.165) is 25.9 Å². The second-order valence-electron chi connectivity index (χ2n) is 7.51. The third kappa shape index (κ3) is 3.47. The molecule has 3 aliphatic heterocycles. The van der Waals surface area contributed by atoms with E-state index in [1.165, 1.54) is 19.2 Å². The van der Waals surface area contributed by atoms with E-state index in [2.05, 4.69) is 21.9 Å². The summed E-state index contributed by atoms with van der Waals surface area (Å²) < 4.78 is 31.7. The predicted molar refractivity (Wildman–Crippen MR) is 105 cm³/mol. The minimum Gasteiger partial charge on any atom is -0.451 e. The topological polar surface area (TPSA) is 91.6 Å². The van der Waals surface area contributed by atoms with Gasteiger partial charge in [0.05, 0.1) is 4.90 Å². The molecule has 0 aliphatic carbocycles. The smallest absolute Gasteiger partial charge is 0.287 e. The van der Waals surface area contributed by atoms with Crippen LogP contribution in [0.25, 0.3) is 11.3 Å². The third-order valence-corrected chi connectivity index (χ3v) is 7.45. The van der Waals surface area contributed by atoms with Gasteiger partial charge in [0.2, 0.25) is 10.0 Å². The van der Waals surface area contributed by atoms with Crippen LogP contribution < -0.4 is 10.0 Å². The van der Waals surface area contributed by atoms with Crippen LogP contribution in [0, 0.1) is 5.92 Å². The SMILES string of the molecule is CNS(=O)(=O)c1ccc(-c2ccc(C(=O)N[C@@H]3C4CCN(CC4)[C@@H]3C)o2)cc1. The second-order valence-corrected chi connectivity index (χ2v) is 9.40. The molecule has 8 heteroatoms. The molecular formula is C20H25N3O4S. The molecule has 1 aromatic carbocycles. The van der Waals surface area contributed by atoms with E-state index in [-0.39, 0.29) is 22.6 Å². The van der Waals surface area contributed by atoms with Crippen molar-refractivity contribution in [2.24, 2.45) is 5.92 Å². The van der Waals surface area contributed by atoms with E-state index in [1.807, 2.05) is 0 Å². The fourth-order valence-corrected chi connectivity index (χ4v) is 5.03. The van der Waals surface area contributed by atoms with Crippen LogP contribution in [0.3, 0.4) is 0 Å². The highest BCUT2D eigenvalue weighted by atomic mass is 32.2. The van der Waals surface area contributed by atoms with Crippen LogP contribution in [0.4, 0.5) is 0 Å². The normalized spacial score (nSPS) is 26.9. The summed E-state index contributed by atoms with van der Waals surface area (Å²) >= 11 is 0. The van der Waals surface area contributed by atoms with E-state index < -0.39 is 10.0 Å². The van der Waals surface area contributed by atoms with Crippen LogP contribution in [0.5, 0.6) is 0 Å². The van der Waals surface area contributed by atoms with Gasteiger partial charge in [-0.25, -0.2) is 13.1 Å². The van der Waals surface area contributed by atoms with Gasteiger partial charge in [0.25, 0.3) is 5.91 Å². The second kappa shape index (κ2) is 7.35. The number of rotatable bonds is 5. The number of nitrogens with zero attached hydrogens (tertiary/aromatic N) is 1. The maximum Gasteiger partial charge on any atom is 0.287 e. The number of benzene rings is 1. The van der Waals surface area contributed by atoms with Crippen LogP contribution in [0.1, 0.15) is 30.3 Å². The van der Waals surface area contributed by atoms with Crippen LogP contribution >= 0.6 is 0 Å². The number of carbonyl (C=O) groups is 1. The van der Waals surface area contributed by atoms with E-state index in [9.17, 15) is 13.2 Å². The number of hydrogen-bond donors (Lipinski definition) is 2. The Morgan fingerprint density at radius 2 is 1.79 bits per heavy atom. The molecule has 150 valence electrons. The molecule has 0 saturated carbocycles. The molecule has 1 aromatic heterocycles. The van der Waals surface area contributed by atoms with Gasteiger partial charge in [-0.15, -0.1) is 0 Å². The number of carbonyl (C=O) groups excluding carboxylic acids is 1. The highest BCUT2D eigenvalue weighted by Crippen LogP contribution is 2.32. The van der Waals surface area contributed by atoms with Crippen molar-refractivity contribution >= 4 is 15.9 Å². The van der Waals surface area contributed by atoms with Gasteiger partial charge < -0.3 is 9.73 Å². The zero-order chi connectivity index (χ0) is 19.9. The van der Waals surface area contributed by atoms with E-state index in [0.29, 0.717) is 23.3 Å². The van der Waals surface area contributed by atoms with Gasteiger partial charge in [-0.1, -0.05) is 0 Å². The Morgan fingerprint density at radius 1 is 1.11 bits per heavy atom. The Morgan fingerprint density at radius 3 is 2.39 bits per heavy atom. The summed E-state index contributed by atoms with van der Waals surface area (Å²) in [6, 6.07) is 10.2. The Kier molecular flexibility index (Phi) is 5.03. The van der Waals surface area contributed by atoms with Gasteiger partial charge in [0, 0.05) is 17.6 Å². The molecule has 2 aromatic rings. The molecule has 7 nitrogen and oxygen atoms in total. The molecule has 0 radical (unpaired) electrons. The molecular weight excluding hydrogens is 378 g/mol. The summed E-state index contributed by atoms with van der Waals surface area (Å²) in [5.41, 5.74) is 0.713. The molecule has 1 amide bonds. The van der Waals surface area contributed by atoms with Gasteiger partial charge in [-0.3, -0.25) is 9.69 Å². The number of furan rings is 1. The van der Waals surface area contributed by atoms with Crippen molar-refractivity contribution in [1.29, 1.82) is 0 Å². The Bertz CT molecular complexity index is 958. The molecule has 3 saturated heterocycles. The summed E-state index contributed by atoms with van der Waals surface area (Å²) in [6.45, 7) is 4.40. The monoisotopic (exact) mass is 403 g/mol. The Balaban J connectivity index is 1.47. The minimum absolute atomic E-state index is 0.148. The summed E-state index contributed by atoms with van der Waals surface area (Å²) in [7, 11) is -2.11. The number of amides is 1. The zero-order valence-corrected chi connectivity index (χ0v) is 16.8.